The molecule has 2 aromatic rings. The van der Waals surface area contributed by atoms with Crippen molar-refractivity contribution in [3.63, 3.8) is 0 Å². The van der Waals surface area contributed by atoms with Gasteiger partial charge in [-0.1, -0.05) is 35.0 Å². The second-order valence-corrected chi connectivity index (χ2v) is 11.1. The Hall–Kier alpha value is -2.01. The van der Waals surface area contributed by atoms with E-state index in [-0.39, 0.29) is 36.8 Å². The van der Waals surface area contributed by atoms with Gasteiger partial charge < -0.3 is 9.64 Å². The van der Waals surface area contributed by atoms with Crippen molar-refractivity contribution in [3.05, 3.63) is 63.9 Å². The quantitative estimate of drug-likeness (QED) is 0.471. The number of amides is 1. The van der Waals surface area contributed by atoms with E-state index < -0.39 is 15.9 Å². The van der Waals surface area contributed by atoms with Gasteiger partial charge in [0, 0.05) is 36.2 Å². The molecule has 1 N–H and O–H groups in total. The third kappa shape index (κ3) is 7.49. The number of carbonyl (C=O) groups is 1. The number of piperazine rings is 1. The molecule has 2 aromatic carbocycles. The number of hydrogen-bond acceptors (Lipinski definition) is 5. The molecule has 1 fully saturated rings. The third-order valence-corrected chi connectivity index (χ3v) is 7.28. The second kappa shape index (κ2) is 11.6. The highest BCUT2D eigenvalue weighted by Crippen LogP contribution is 2.25. The summed E-state index contributed by atoms with van der Waals surface area (Å²) in [6.45, 7) is 5.89. The maximum absolute atomic E-state index is 13.2. The number of carbonyl (C=O) groups excluding carboxylic acids is 1. The molecule has 7 nitrogen and oxygen atoms in total. The Balaban J connectivity index is 1.63. The minimum Gasteiger partial charge on any atom is -0.483 e. The highest BCUT2D eigenvalue weighted by molar-refractivity contribution is 9.10. The zero-order chi connectivity index (χ0) is 24.9. The number of halogens is 2. The Morgan fingerprint density at radius 2 is 1.91 bits per heavy atom. The highest BCUT2D eigenvalue weighted by atomic mass is 79.9. The minimum absolute atomic E-state index is 0.0247. The molecule has 10 heteroatoms. The van der Waals surface area contributed by atoms with Gasteiger partial charge >= 0.3 is 0 Å². The van der Waals surface area contributed by atoms with Crippen molar-refractivity contribution in [3.8, 4) is 5.75 Å². The van der Waals surface area contributed by atoms with Crippen LogP contribution in [0.1, 0.15) is 31.4 Å². The van der Waals surface area contributed by atoms with Crippen LogP contribution in [-0.2, 0) is 27.9 Å². The van der Waals surface area contributed by atoms with Gasteiger partial charge in [0.25, 0.3) is 16.0 Å². The van der Waals surface area contributed by atoms with E-state index in [2.05, 4.69) is 27.8 Å². The Kier molecular flexibility index (Phi) is 9.08. The lowest BCUT2D eigenvalue weighted by Gasteiger charge is -2.45. The standard InChI is InChI=1S/C24H30BrFN2O5S/c1-3-22-15-27(14-18-4-7-21(26)8-5-18)17(2)13-28(22)24(29)16-33-23-9-6-20(25)12-19(23)10-11-34(30,31)32/h4-9,12,17,22H,3,10-11,13-16H2,1-2H3,(H,30,31,32)/t17-,22+/m0/s1. The molecule has 0 unspecified atom stereocenters. The van der Waals surface area contributed by atoms with Crippen molar-refractivity contribution in [2.45, 2.75) is 45.3 Å². The number of rotatable bonds is 9. The summed E-state index contributed by atoms with van der Waals surface area (Å²) in [6, 6.07) is 11.8. The fourth-order valence-corrected chi connectivity index (χ4v) is 5.03. The van der Waals surface area contributed by atoms with Gasteiger partial charge in [-0.3, -0.25) is 14.2 Å². The summed E-state index contributed by atoms with van der Waals surface area (Å²) in [5.74, 6) is -0.412. The topological polar surface area (TPSA) is 87.2 Å². The Bertz CT molecular complexity index is 1100. The fraction of sp³-hybridized carbons (Fsp3) is 0.458. The van der Waals surface area contributed by atoms with E-state index in [4.69, 9.17) is 9.29 Å². The summed E-state index contributed by atoms with van der Waals surface area (Å²) in [6.07, 6.45) is 0.856. The molecule has 0 aliphatic carbocycles. The maximum Gasteiger partial charge on any atom is 0.265 e. The van der Waals surface area contributed by atoms with E-state index >= 15 is 0 Å². The molecule has 1 saturated heterocycles. The molecule has 1 heterocycles. The SMILES string of the molecule is CC[C@@H]1CN(Cc2ccc(F)cc2)[C@@H](C)CN1C(=O)COc1ccc(Br)cc1CCS(=O)(=O)O. The number of benzene rings is 2. The summed E-state index contributed by atoms with van der Waals surface area (Å²) in [5, 5.41) is 0. The monoisotopic (exact) mass is 556 g/mol. The molecule has 0 spiro atoms. The van der Waals surface area contributed by atoms with Crippen LogP contribution in [-0.4, -0.2) is 66.2 Å². The van der Waals surface area contributed by atoms with Crippen molar-refractivity contribution in [1.82, 2.24) is 9.80 Å². The lowest BCUT2D eigenvalue weighted by atomic mass is 10.0. The first-order valence-corrected chi connectivity index (χ1v) is 13.6. The van der Waals surface area contributed by atoms with Gasteiger partial charge in [-0.15, -0.1) is 0 Å². The molecule has 2 atom stereocenters. The van der Waals surface area contributed by atoms with Crippen LogP contribution in [0, 0.1) is 5.82 Å². The largest absolute Gasteiger partial charge is 0.483 e. The molecule has 1 aliphatic heterocycles. The number of nitrogens with zero attached hydrogens (tertiary/aromatic N) is 2. The molecule has 3 rings (SSSR count). The molecular weight excluding hydrogens is 527 g/mol. The first-order valence-electron chi connectivity index (χ1n) is 11.2. The normalized spacial score (nSPS) is 19.3. The van der Waals surface area contributed by atoms with Crippen molar-refractivity contribution in [2.24, 2.45) is 0 Å². The first-order chi connectivity index (χ1) is 16.1. The maximum atomic E-state index is 13.2. The van der Waals surface area contributed by atoms with Crippen LogP contribution in [0.3, 0.4) is 0 Å². The van der Waals surface area contributed by atoms with Crippen LogP contribution < -0.4 is 4.74 Å². The van der Waals surface area contributed by atoms with Gasteiger partial charge in [-0.05, 0) is 61.2 Å². The number of aryl methyl sites for hydroxylation is 1. The second-order valence-electron chi connectivity index (χ2n) is 8.59. The molecule has 0 aromatic heterocycles. The highest BCUT2D eigenvalue weighted by Gasteiger charge is 2.33. The van der Waals surface area contributed by atoms with E-state index in [1.807, 2.05) is 11.8 Å². The van der Waals surface area contributed by atoms with Crippen LogP contribution in [0.4, 0.5) is 4.39 Å². The fourth-order valence-electron chi connectivity index (χ4n) is 4.14. The third-order valence-electron chi connectivity index (χ3n) is 6.06. The van der Waals surface area contributed by atoms with Crippen LogP contribution in [0.5, 0.6) is 5.75 Å². The molecule has 186 valence electrons. The Morgan fingerprint density at radius 1 is 1.21 bits per heavy atom. The van der Waals surface area contributed by atoms with Gasteiger partial charge in [0.2, 0.25) is 0 Å². The predicted molar refractivity (Wildman–Crippen MR) is 132 cm³/mol. The molecule has 0 bridgehead atoms. The molecule has 0 radical (unpaired) electrons. The summed E-state index contributed by atoms with van der Waals surface area (Å²) >= 11 is 3.35. The molecular formula is C24H30BrFN2O5S. The van der Waals surface area contributed by atoms with Crippen molar-refractivity contribution >= 4 is 32.0 Å². The minimum atomic E-state index is -4.12. The zero-order valence-corrected chi connectivity index (χ0v) is 21.7. The summed E-state index contributed by atoms with van der Waals surface area (Å²) in [4.78, 5) is 17.2. The van der Waals surface area contributed by atoms with Gasteiger partial charge in [-0.25, -0.2) is 4.39 Å². The van der Waals surface area contributed by atoms with E-state index in [0.29, 0.717) is 30.9 Å². The van der Waals surface area contributed by atoms with Gasteiger partial charge in [0.15, 0.2) is 6.61 Å². The summed E-state index contributed by atoms with van der Waals surface area (Å²) in [5.41, 5.74) is 1.61. The molecule has 34 heavy (non-hydrogen) atoms. The average Bonchev–Trinajstić information content (AvgIpc) is 2.78. The smallest absolute Gasteiger partial charge is 0.265 e. The van der Waals surface area contributed by atoms with Gasteiger partial charge in [-0.2, -0.15) is 8.42 Å². The summed E-state index contributed by atoms with van der Waals surface area (Å²) in [7, 11) is -4.12. The van der Waals surface area contributed by atoms with Gasteiger partial charge in [0.05, 0.1) is 5.75 Å². The van der Waals surface area contributed by atoms with Crippen LogP contribution in [0.25, 0.3) is 0 Å². The molecule has 1 aliphatic rings. The predicted octanol–water partition coefficient (Wildman–Crippen LogP) is 3.91. The van der Waals surface area contributed by atoms with Crippen LogP contribution >= 0.6 is 15.9 Å². The van der Waals surface area contributed by atoms with Crippen molar-refractivity contribution < 1.29 is 26.9 Å². The molecule has 1 amide bonds. The number of ether oxygens (including phenoxy) is 1. The Labute approximate surface area is 208 Å². The average molecular weight is 557 g/mol. The van der Waals surface area contributed by atoms with Gasteiger partial charge in [0.1, 0.15) is 11.6 Å². The summed E-state index contributed by atoms with van der Waals surface area (Å²) < 4.78 is 51.1. The molecule has 0 saturated carbocycles. The van der Waals surface area contributed by atoms with E-state index in [0.717, 1.165) is 16.5 Å². The number of hydrogen-bond donors (Lipinski definition) is 1. The Morgan fingerprint density at radius 3 is 2.56 bits per heavy atom. The van der Waals surface area contributed by atoms with Crippen LogP contribution in [0.15, 0.2) is 46.9 Å². The zero-order valence-electron chi connectivity index (χ0n) is 19.3. The van der Waals surface area contributed by atoms with E-state index in [1.165, 1.54) is 12.1 Å². The first kappa shape index (κ1) is 26.6. The van der Waals surface area contributed by atoms with Crippen molar-refractivity contribution in [2.75, 3.05) is 25.4 Å². The van der Waals surface area contributed by atoms with Crippen LogP contribution in [0.2, 0.25) is 0 Å². The lowest BCUT2D eigenvalue weighted by molar-refractivity contribution is -0.140. The van der Waals surface area contributed by atoms with E-state index in [9.17, 15) is 17.6 Å². The lowest BCUT2D eigenvalue weighted by Crippen LogP contribution is -2.59. The van der Waals surface area contributed by atoms with E-state index in [1.54, 1.807) is 30.3 Å². The van der Waals surface area contributed by atoms with Crippen molar-refractivity contribution in [1.29, 1.82) is 0 Å².